The van der Waals surface area contributed by atoms with E-state index in [0.717, 1.165) is 29.5 Å². The molecule has 6 aliphatic rings. The fourth-order valence-corrected chi connectivity index (χ4v) is 8.57. The lowest BCUT2D eigenvalue weighted by atomic mass is 9.43. The van der Waals surface area contributed by atoms with Crippen molar-refractivity contribution >= 4 is 6.21 Å². The van der Waals surface area contributed by atoms with Gasteiger partial charge in [-0.1, -0.05) is 6.07 Å². The first-order chi connectivity index (χ1) is 13.2. The molecule has 0 aromatic heterocycles. The zero-order valence-electron chi connectivity index (χ0n) is 16.4. The molecule has 27 heavy (non-hydrogen) atoms. The van der Waals surface area contributed by atoms with Gasteiger partial charge in [0.2, 0.25) is 0 Å². The molecule has 0 radical (unpaired) electrons. The second kappa shape index (κ2) is 4.97. The van der Waals surface area contributed by atoms with Gasteiger partial charge in [0.25, 0.3) is 0 Å². The van der Waals surface area contributed by atoms with Crippen LogP contribution in [-0.2, 0) is 11.8 Å². The molecule has 1 aromatic rings. The van der Waals surface area contributed by atoms with Crippen molar-refractivity contribution < 1.29 is 4.74 Å². The summed E-state index contributed by atoms with van der Waals surface area (Å²) in [6, 6.07) is 8.36. The van der Waals surface area contributed by atoms with E-state index in [1.165, 1.54) is 58.0 Å². The molecule has 3 nitrogen and oxygen atoms in total. The van der Waals surface area contributed by atoms with Gasteiger partial charge in [-0.15, -0.1) is 0 Å². The molecule has 3 saturated carbocycles. The van der Waals surface area contributed by atoms with Crippen LogP contribution in [0.25, 0.3) is 0 Å². The number of hydrogen-bond acceptors (Lipinski definition) is 3. The largest absolute Gasteiger partial charge is 0.497 e. The summed E-state index contributed by atoms with van der Waals surface area (Å²) in [4.78, 5) is 7.98. The molecule has 2 heterocycles. The highest BCUT2D eigenvalue weighted by Gasteiger charge is 2.74. The molecule has 6 atom stereocenters. The van der Waals surface area contributed by atoms with E-state index in [-0.39, 0.29) is 0 Å². The van der Waals surface area contributed by atoms with E-state index in [0.29, 0.717) is 16.9 Å². The van der Waals surface area contributed by atoms with Crippen LogP contribution in [0.3, 0.4) is 0 Å². The lowest BCUT2D eigenvalue weighted by Crippen LogP contribution is -2.68. The Kier molecular flexibility index (Phi) is 2.87. The number of piperidine rings is 1. The molecule has 1 aromatic carbocycles. The second-order valence-electron chi connectivity index (χ2n) is 10.4. The molecule has 7 rings (SSSR count). The minimum absolute atomic E-state index is 0.351. The summed E-state index contributed by atoms with van der Waals surface area (Å²) in [5.74, 6) is 3.52. The van der Waals surface area contributed by atoms with Crippen LogP contribution in [0.15, 0.2) is 23.2 Å². The Bertz CT molecular complexity index is 845. The molecule has 3 heteroatoms. The number of aliphatic imine (C=N–C) groups is 1. The lowest BCUT2D eigenvalue weighted by Gasteiger charge is -2.66. The van der Waals surface area contributed by atoms with E-state index in [4.69, 9.17) is 9.73 Å². The van der Waals surface area contributed by atoms with Gasteiger partial charge in [0.05, 0.1) is 13.2 Å². The lowest BCUT2D eigenvalue weighted by molar-refractivity contribution is -0.0919. The van der Waals surface area contributed by atoms with Gasteiger partial charge in [-0.25, -0.2) is 0 Å². The van der Waals surface area contributed by atoms with Crippen LogP contribution in [0.1, 0.15) is 49.7 Å². The number of hydrogen-bond donors (Lipinski definition) is 0. The Balaban J connectivity index is 1.45. The van der Waals surface area contributed by atoms with Crippen LogP contribution in [0.5, 0.6) is 5.75 Å². The van der Waals surface area contributed by atoms with Crippen LogP contribution >= 0.6 is 0 Å². The second-order valence-corrected chi connectivity index (χ2v) is 10.4. The zero-order chi connectivity index (χ0) is 17.8. The minimum atomic E-state index is 0.351. The molecule has 0 spiro atoms. The average molecular weight is 363 g/mol. The zero-order valence-corrected chi connectivity index (χ0v) is 16.4. The summed E-state index contributed by atoms with van der Waals surface area (Å²) in [6.45, 7) is 2.66. The predicted octanol–water partition coefficient (Wildman–Crippen LogP) is 3.84. The fourth-order valence-electron chi connectivity index (χ4n) is 8.57. The van der Waals surface area contributed by atoms with E-state index in [1.807, 2.05) is 7.11 Å². The Hall–Kier alpha value is -1.35. The van der Waals surface area contributed by atoms with Crippen molar-refractivity contribution in [1.82, 2.24) is 4.90 Å². The summed E-state index contributed by atoms with van der Waals surface area (Å²) in [7, 11) is 1.82. The molecule has 5 unspecified atom stereocenters. The van der Waals surface area contributed by atoms with Gasteiger partial charge in [0, 0.05) is 30.1 Å². The summed E-state index contributed by atoms with van der Waals surface area (Å²) in [5.41, 5.74) is 4.11. The van der Waals surface area contributed by atoms with Gasteiger partial charge in [-0.05, 0) is 92.0 Å². The fraction of sp³-hybridized carbons (Fsp3) is 0.708. The number of likely N-dealkylation sites (tertiary alicyclic amines) is 1. The van der Waals surface area contributed by atoms with Gasteiger partial charge in [0.15, 0.2) is 0 Å². The highest BCUT2D eigenvalue weighted by molar-refractivity contribution is 5.69. The highest BCUT2D eigenvalue weighted by Crippen LogP contribution is 2.74. The third-order valence-corrected chi connectivity index (χ3v) is 9.56. The van der Waals surface area contributed by atoms with Crippen LogP contribution in [-0.4, -0.2) is 43.4 Å². The topological polar surface area (TPSA) is 24.8 Å². The Morgan fingerprint density at radius 1 is 1.22 bits per heavy atom. The molecule has 0 amide bonds. The maximum absolute atomic E-state index is 5.69. The SMILES string of the molecule is COc1ccc2c(c1)C13CCN(CC4CC4)C(C2)C12CCC1N=C[C@@H](C2)C13. The van der Waals surface area contributed by atoms with E-state index in [2.05, 4.69) is 29.3 Å². The predicted molar refractivity (Wildman–Crippen MR) is 107 cm³/mol. The smallest absolute Gasteiger partial charge is 0.119 e. The number of rotatable bonds is 3. The number of ether oxygens (including phenoxy) is 1. The Morgan fingerprint density at radius 3 is 3.00 bits per heavy atom. The quantitative estimate of drug-likeness (QED) is 0.816. The average Bonchev–Trinajstić information content (AvgIpc) is 3.35. The normalized spacial score (nSPS) is 46.3. The van der Waals surface area contributed by atoms with E-state index in [9.17, 15) is 0 Å². The molecular formula is C24H30N2O. The molecule has 2 aliphatic heterocycles. The van der Waals surface area contributed by atoms with Gasteiger partial charge >= 0.3 is 0 Å². The van der Waals surface area contributed by atoms with E-state index in [1.54, 1.807) is 11.1 Å². The maximum atomic E-state index is 5.69. The number of fused-ring (bicyclic) bond motifs is 1. The Labute approximate surface area is 162 Å². The van der Waals surface area contributed by atoms with Gasteiger partial charge < -0.3 is 4.74 Å². The van der Waals surface area contributed by atoms with Crippen molar-refractivity contribution in [3.8, 4) is 5.75 Å². The van der Waals surface area contributed by atoms with Gasteiger partial charge in [-0.2, -0.15) is 0 Å². The van der Waals surface area contributed by atoms with Crippen LogP contribution in [0.4, 0.5) is 0 Å². The molecule has 142 valence electrons. The minimum Gasteiger partial charge on any atom is -0.497 e. The maximum Gasteiger partial charge on any atom is 0.119 e. The molecular weight excluding hydrogens is 332 g/mol. The monoisotopic (exact) mass is 362 g/mol. The van der Waals surface area contributed by atoms with Crippen molar-refractivity contribution in [3.63, 3.8) is 0 Å². The number of nitrogens with zero attached hydrogens (tertiary/aromatic N) is 2. The first-order valence-electron chi connectivity index (χ1n) is 11.2. The van der Waals surface area contributed by atoms with Crippen LogP contribution < -0.4 is 4.74 Å². The van der Waals surface area contributed by atoms with Crippen LogP contribution in [0, 0.1) is 23.2 Å². The van der Waals surface area contributed by atoms with Crippen molar-refractivity contribution in [2.24, 2.45) is 28.2 Å². The standard InChI is InChI=1S/C24H30N2O/c1-27-18-5-4-16-10-21-23-7-6-20-22(17(12-23)13-25-20)24(23,19(16)11-18)8-9-26(21)14-15-2-3-15/h4-5,11,13,15,17,20-22H,2-3,6-10,12,14H2,1H3/t17-,20?,21?,22?,23?,24?/m1/s1. The first-order valence-corrected chi connectivity index (χ1v) is 11.2. The molecule has 4 bridgehead atoms. The highest BCUT2D eigenvalue weighted by atomic mass is 16.5. The third kappa shape index (κ3) is 1.72. The molecule has 1 saturated heterocycles. The molecule has 4 aliphatic carbocycles. The van der Waals surface area contributed by atoms with Crippen molar-refractivity contribution in [1.29, 1.82) is 0 Å². The van der Waals surface area contributed by atoms with Crippen molar-refractivity contribution in [2.75, 3.05) is 20.2 Å². The van der Waals surface area contributed by atoms with Crippen molar-refractivity contribution in [2.45, 2.75) is 62.4 Å². The summed E-state index contributed by atoms with van der Waals surface area (Å²) in [6.07, 6.45) is 12.0. The van der Waals surface area contributed by atoms with Crippen LogP contribution in [0.2, 0.25) is 0 Å². The van der Waals surface area contributed by atoms with Crippen molar-refractivity contribution in [3.05, 3.63) is 29.3 Å². The number of methoxy groups -OCH3 is 1. The van der Waals surface area contributed by atoms with E-state index < -0.39 is 0 Å². The summed E-state index contributed by atoms with van der Waals surface area (Å²) >= 11 is 0. The molecule has 4 fully saturated rings. The molecule has 0 N–H and O–H groups in total. The van der Waals surface area contributed by atoms with Gasteiger partial charge in [0.1, 0.15) is 5.75 Å². The third-order valence-electron chi connectivity index (χ3n) is 9.56. The van der Waals surface area contributed by atoms with E-state index >= 15 is 0 Å². The van der Waals surface area contributed by atoms with Gasteiger partial charge in [-0.3, -0.25) is 9.89 Å². The summed E-state index contributed by atoms with van der Waals surface area (Å²) in [5, 5.41) is 0. The Morgan fingerprint density at radius 2 is 2.15 bits per heavy atom. The number of benzene rings is 1. The summed E-state index contributed by atoms with van der Waals surface area (Å²) < 4.78 is 5.69. The first kappa shape index (κ1) is 15.6.